The molecular formula is C6H27N4O18P4. The van der Waals surface area contributed by atoms with E-state index in [1.165, 1.54) is 0 Å². The zero-order chi connectivity index (χ0) is 22.3. The number of hydrogen-bond donors (Lipinski definition) is 10. The van der Waals surface area contributed by atoms with Gasteiger partial charge in [0.2, 0.25) is 4.57 Å². The van der Waals surface area contributed by atoms with Crippen LogP contribution in [0.4, 0.5) is 0 Å². The van der Waals surface area contributed by atoms with Crippen molar-refractivity contribution in [1.29, 1.82) is 0 Å². The summed E-state index contributed by atoms with van der Waals surface area (Å²) in [5, 5.41) is 20.0. The fraction of sp³-hybridized carbons (Fsp3) is 1.00. The van der Waals surface area contributed by atoms with Gasteiger partial charge in [-0.2, -0.15) is 0 Å². The average molecular weight is 567 g/mol. The number of aliphatic hydroxyl groups excluding tert-OH is 2. The molecule has 0 spiro atoms. The van der Waals surface area contributed by atoms with Gasteiger partial charge < -0.3 is 82.6 Å². The Bertz CT molecular complexity index is 622. The summed E-state index contributed by atoms with van der Waals surface area (Å²) >= 11 is 0. The van der Waals surface area contributed by atoms with Crippen LogP contribution >= 0.6 is 31.3 Å². The molecule has 0 aromatic rings. The third kappa shape index (κ3) is 13.2. The zero-order valence-electron chi connectivity index (χ0n) is 16.5. The second-order valence-corrected chi connectivity index (χ2v) is 9.73. The van der Waals surface area contributed by atoms with Crippen LogP contribution in [-0.2, 0) is 36.4 Å². The lowest BCUT2D eigenvalue weighted by Gasteiger charge is -2.48. The highest BCUT2D eigenvalue weighted by Gasteiger charge is 2.57. The van der Waals surface area contributed by atoms with Crippen LogP contribution in [0.1, 0.15) is 0 Å². The Morgan fingerprint density at radius 2 is 0.781 bits per heavy atom. The summed E-state index contributed by atoms with van der Waals surface area (Å²) in [7, 11) is -23.5. The fourth-order valence-corrected chi connectivity index (χ4v) is 4.47. The minimum atomic E-state index is -5.89. The van der Waals surface area contributed by atoms with E-state index in [9.17, 15) is 48.0 Å². The van der Waals surface area contributed by atoms with Gasteiger partial charge in [0.15, 0.2) is 0 Å². The number of aliphatic hydroxyl groups is 2. The Morgan fingerprint density at radius 3 is 0.938 bits per heavy atom. The Morgan fingerprint density at radius 1 is 0.594 bits per heavy atom. The van der Waals surface area contributed by atoms with Crippen LogP contribution < -0.4 is 44.2 Å². The van der Waals surface area contributed by atoms with Crippen LogP contribution in [-0.4, -0.2) is 66.4 Å². The molecule has 1 fully saturated rings. The quantitative estimate of drug-likeness (QED) is 0.0973. The van der Waals surface area contributed by atoms with Gasteiger partial charge >= 0.3 is 7.82 Å². The van der Waals surface area contributed by atoms with E-state index in [0.29, 0.717) is 0 Å². The molecule has 0 bridgehead atoms. The van der Waals surface area contributed by atoms with Gasteiger partial charge in [0.1, 0.15) is 36.6 Å². The van der Waals surface area contributed by atoms with Crippen LogP contribution in [0.5, 0.6) is 0 Å². The van der Waals surface area contributed by atoms with E-state index in [4.69, 9.17) is 19.6 Å². The average Bonchev–Trinajstić information content (AvgIpc) is 2.39. The van der Waals surface area contributed by atoms with E-state index >= 15 is 0 Å². The van der Waals surface area contributed by atoms with Crippen LogP contribution in [0.3, 0.4) is 0 Å². The van der Waals surface area contributed by atoms with Gasteiger partial charge in [-0.05, 0) is 0 Å². The maximum absolute atomic E-state index is 10.9. The van der Waals surface area contributed by atoms with Crippen molar-refractivity contribution in [3.05, 3.63) is 0 Å². The van der Waals surface area contributed by atoms with Gasteiger partial charge in [0.25, 0.3) is 23.5 Å². The van der Waals surface area contributed by atoms with E-state index in [0.717, 1.165) is 0 Å². The van der Waals surface area contributed by atoms with Crippen LogP contribution in [0.15, 0.2) is 0 Å². The van der Waals surface area contributed by atoms with Gasteiger partial charge in [0.05, 0.1) is 0 Å². The van der Waals surface area contributed by atoms with Crippen LogP contribution in [0, 0.1) is 0 Å². The van der Waals surface area contributed by atoms with Crippen molar-refractivity contribution in [3.63, 3.8) is 0 Å². The minimum absolute atomic E-state index is 0. The minimum Gasteiger partial charge on any atom is -0.756 e. The third-order valence-electron chi connectivity index (χ3n) is 3.01. The molecule has 26 heteroatoms. The van der Waals surface area contributed by atoms with Gasteiger partial charge in [-0.1, -0.05) is 0 Å². The zero-order valence-corrected chi connectivity index (χ0v) is 20.1. The topological polar surface area (TPSA) is 466 Å². The largest absolute Gasteiger partial charge is 0.756 e. The number of hydrogen-bond acceptors (Lipinski definition) is 15. The Balaban J connectivity index is -0.000000980. The molecule has 10 atom stereocenters. The van der Waals surface area contributed by atoms with Crippen molar-refractivity contribution in [2.24, 2.45) is 0 Å². The number of rotatable bonds is 8. The van der Waals surface area contributed by atoms with Crippen molar-refractivity contribution >= 4 is 31.3 Å². The first-order valence-corrected chi connectivity index (χ1v) is 12.4. The van der Waals surface area contributed by atoms with Gasteiger partial charge in [-0.25, -0.2) is 0 Å². The van der Waals surface area contributed by atoms with E-state index in [-0.39, 0.29) is 24.6 Å². The molecule has 0 aromatic carbocycles. The standard InChI is InChI=1S/C6H15O18P4.4H3N/c7-1-3(21-25(9,10)11)5(23-27(15,16)17)2(8)6(24-28(18,19)20)4(1)22-26(12,13)14;;;;/h1-8H,(H7-,9,10,11,12,13,14,15,16,17,18,19);4*1H3/t1-,2+,3+,4-,5+,6-;;;;/m0..../s1. The van der Waals surface area contributed by atoms with Crippen LogP contribution in [0.2, 0.25) is 0 Å². The molecule has 1 aliphatic carbocycles. The molecule has 0 heterocycles. The molecule has 0 saturated heterocycles. The lowest BCUT2D eigenvalue weighted by atomic mass is 9.85. The van der Waals surface area contributed by atoms with Crippen molar-refractivity contribution < 1.29 is 85.7 Å². The molecule has 21 N–H and O–H groups in total. The van der Waals surface area contributed by atoms with Crippen molar-refractivity contribution in [2.45, 2.75) is 36.6 Å². The summed E-state index contributed by atoms with van der Waals surface area (Å²) in [6, 6.07) is 0. The number of phosphoric ester groups is 4. The molecule has 0 aliphatic heterocycles. The Hall–Kier alpha value is 0.200. The lowest BCUT2D eigenvalue weighted by Crippen LogP contribution is -2.66. The van der Waals surface area contributed by atoms with E-state index < -0.39 is 67.9 Å². The molecule has 1 rings (SSSR count). The maximum atomic E-state index is 10.9. The normalized spacial score (nSPS) is 34.9. The van der Waals surface area contributed by atoms with Crippen molar-refractivity contribution in [3.8, 4) is 0 Å². The maximum Gasteiger partial charge on any atom is 0.608 e. The molecule has 1 saturated carbocycles. The summed E-state index contributed by atoms with van der Waals surface area (Å²) in [5.41, 5.74) is 0. The molecule has 0 aromatic heterocycles. The third-order valence-corrected chi connectivity index (χ3v) is 5.05. The summed E-state index contributed by atoms with van der Waals surface area (Å²) in [6.45, 7) is 0. The molecule has 1 radical (unpaired) electrons. The SMILES string of the molecule is N.O=P([O-])(O)O[C@@H]1[C@@H](O)[C@H](OP(=[O+])([O-])O)[C@@H](OP(=O)([O-])O)[C@@H](O)[C@H]1OP(=O)([O-])O.[NH4+].[NH4+].[NH4+]. The van der Waals surface area contributed by atoms with Gasteiger partial charge in [-0.3, -0.25) is 23.1 Å². The predicted octanol–water partition coefficient (Wildman–Crippen LogP) is -4.60. The van der Waals surface area contributed by atoms with Crippen molar-refractivity contribution in [1.82, 2.24) is 24.6 Å². The first-order valence-electron chi connectivity index (χ1n) is 6.45. The van der Waals surface area contributed by atoms with Crippen molar-refractivity contribution in [2.75, 3.05) is 0 Å². The first-order chi connectivity index (χ1) is 12.2. The molecule has 32 heavy (non-hydrogen) atoms. The monoisotopic (exact) mass is 567 g/mol. The summed E-state index contributed by atoms with van der Waals surface area (Å²) in [6.07, 6.45) is -16.7. The second-order valence-electron chi connectivity index (χ2n) is 5.14. The summed E-state index contributed by atoms with van der Waals surface area (Å²) in [5.74, 6) is 0. The molecule has 0 amide bonds. The molecule has 199 valence electrons. The molecular weight excluding hydrogens is 540 g/mol. The predicted molar refractivity (Wildman–Crippen MR) is 93.8 cm³/mol. The second kappa shape index (κ2) is 13.3. The van der Waals surface area contributed by atoms with Gasteiger partial charge in [-0.15, -0.1) is 0 Å². The summed E-state index contributed by atoms with van der Waals surface area (Å²) in [4.78, 5) is 78.4. The van der Waals surface area contributed by atoms with E-state index in [2.05, 4.69) is 18.1 Å². The number of quaternary nitrogens is 3. The Labute approximate surface area is 179 Å². The fourth-order valence-electron chi connectivity index (χ4n) is 2.26. The van der Waals surface area contributed by atoms with E-state index in [1.807, 2.05) is 0 Å². The van der Waals surface area contributed by atoms with Gasteiger partial charge in [0, 0.05) is 0 Å². The van der Waals surface area contributed by atoms with Crippen LogP contribution in [0.25, 0.3) is 0 Å². The lowest BCUT2D eigenvalue weighted by molar-refractivity contribution is -0.285. The van der Waals surface area contributed by atoms with E-state index in [1.54, 1.807) is 0 Å². The molecule has 1 aliphatic rings. The molecule has 4 unspecified atom stereocenters. The highest BCUT2D eigenvalue weighted by atomic mass is 31.2. The Kier molecular flexibility index (Phi) is 16.4. The highest BCUT2D eigenvalue weighted by Crippen LogP contribution is 2.48. The first kappa shape index (κ1) is 39.4. The number of phosphoric acid groups is 4. The summed E-state index contributed by atoms with van der Waals surface area (Å²) < 4.78 is 59.1. The smallest absolute Gasteiger partial charge is 0.608 e. The highest BCUT2D eigenvalue weighted by molar-refractivity contribution is 7.45. The molecule has 22 nitrogen and oxygen atoms in total.